The molecular formula is C13H10N2O2S. The molecule has 0 spiro atoms. The number of aryl methyl sites for hydroxylation is 1. The average Bonchev–Trinajstić information content (AvgIpc) is 2.91. The number of aromatic carboxylic acids is 1. The third kappa shape index (κ3) is 1.60. The highest BCUT2D eigenvalue weighted by Gasteiger charge is 2.13. The molecule has 0 aliphatic rings. The number of benzene rings is 1. The molecular weight excluding hydrogens is 248 g/mol. The van der Waals surface area contributed by atoms with Crippen molar-refractivity contribution in [3.63, 3.8) is 0 Å². The largest absolute Gasteiger partial charge is 0.477 e. The van der Waals surface area contributed by atoms with E-state index in [1.54, 1.807) is 6.07 Å². The molecule has 18 heavy (non-hydrogen) atoms. The van der Waals surface area contributed by atoms with Crippen LogP contribution in [0, 0.1) is 6.92 Å². The summed E-state index contributed by atoms with van der Waals surface area (Å²) in [5.41, 5.74) is 1.91. The van der Waals surface area contributed by atoms with Crippen LogP contribution in [0.15, 0.2) is 36.4 Å². The summed E-state index contributed by atoms with van der Waals surface area (Å²) >= 11 is 1.25. The molecule has 0 saturated carbocycles. The summed E-state index contributed by atoms with van der Waals surface area (Å²) in [6.45, 7) is 1.92. The van der Waals surface area contributed by atoms with E-state index in [4.69, 9.17) is 5.11 Å². The summed E-state index contributed by atoms with van der Waals surface area (Å²) in [5, 5.41) is 9.84. The first-order valence-corrected chi connectivity index (χ1v) is 6.26. The second-order valence-electron chi connectivity index (χ2n) is 3.93. The van der Waals surface area contributed by atoms with Gasteiger partial charge in [-0.15, -0.1) is 11.3 Å². The van der Waals surface area contributed by atoms with Crippen LogP contribution in [-0.2, 0) is 0 Å². The van der Waals surface area contributed by atoms with E-state index in [1.807, 2.05) is 41.8 Å². The monoisotopic (exact) mass is 258 g/mol. The molecule has 0 atom stereocenters. The van der Waals surface area contributed by atoms with Gasteiger partial charge in [0.15, 0.2) is 0 Å². The molecule has 3 aromatic rings. The lowest BCUT2D eigenvalue weighted by molar-refractivity contribution is 0.0702. The first-order valence-electron chi connectivity index (χ1n) is 5.44. The first kappa shape index (κ1) is 11.0. The quantitative estimate of drug-likeness (QED) is 0.768. The van der Waals surface area contributed by atoms with E-state index in [1.165, 1.54) is 11.3 Å². The minimum Gasteiger partial charge on any atom is -0.477 e. The molecule has 2 aromatic heterocycles. The second kappa shape index (κ2) is 3.96. The number of para-hydroxylation sites is 2. The summed E-state index contributed by atoms with van der Waals surface area (Å²) in [6.07, 6.45) is 0. The van der Waals surface area contributed by atoms with Crippen LogP contribution >= 0.6 is 11.3 Å². The van der Waals surface area contributed by atoms with Gasteiger partial charge in [-0.1, -0.05) is 12.1 Å². The summed E-state index contributed by atoms with van der Waals surface area (Å²) in [4.78, 5) is 15.7. The molecule has 0 unspecified atom stereocenters. The van der Waals surface area contributed by atoms with Crippen molar-refractivity contribution in [3.05, 3.63) is 47.1 Å². The van der Waals surface area contributed by atoms with Gasteiger partial charge >= 0.3 is 5.97 Å². The number of aromatic nitrogens is 2. The fourth-order valence-corrected chi connectivity index (χ4v) is 2.89. The topological polar surface area (TPSA) is 55.1 Å². The number of hydrogen-bond donors (Lipinski definition) is 1. The van der Waals surface area contributed by atoms with Crippen LogP contribution in [0.2, 0.25) is 0 Å². The van der Waals surface area contributed by atoms with Crippen LogP contribution in [0.3, 0.4) is 0 Å². The summed E-state index contributed by atoms with van der Waals surface area (Å²) in [5.74, 6) is -0.0386. The lowest BCUT2D eigenvalue weighted by Gasteiger charge is -2.02. The zero-order valence-electron chi connectivity index (χ0n) is 9.62. The van der Waals surface area contributed by atoms with Crippen molar-refractivity contribution in [1.82, 2.24) is 9.55 Å². The van der Waals surface area contributed by atoms with Gasteiger partial charge in [-0.2, -0.15) is 0 Å². The van der Waals surface area contributed by atoms with Crippen LogP contribution in [0.1, 0.15) is 15.5 Å². The number of carbonyl (C=O) groups is 1. The van der Waals surface area contributed by atoms with Gasteiger partial charge in [0, 0.05) is 0 Å². The zero-order valence-corrected chi connectivity index (χ0v) is 10.4. The molecule has 90 valence electrons. The van der Waals surface area contributed by atoms with Crippen LogP contribution in [0.4, 0.5) is 0 Å². The Hall–Kier alpha value is -2.14. The van der Waals surface area contributed by atoms with Gasteiger partial charge in [-0.25, -0.2) is 9.78 Å². The van der Waals surface area contributed by atoms with Gasteiger partial charge in [0.25, 0.3) is 0 Å². The number of imidazole rings is 1. The Morgan fingerprint density at radius 2 is 2.06 bits per heavy atom. The highest BCUT2D eigenvalue weighted by Crippen LogP contribution is 2.26. The summed E-state index contributed by atoms with van der Waals surface area (Å²) in [6, 6.07) is 11.3. The Morgan fingerprint density at radius 1 is 1.28 bits per heavy atom. The predicted molar refractivity (Wildman–Crippen MR) is 70.6 cm³/mol. The summed E-state index contributed by atoms with van der Waals surface area (Å²) < 4.78 is 1.98. The van der Waals surface area contributed by atoms with E-state index in [0.717, 1.165) is 21.9 Å². The molecule has 2 heterocycles. The molecule has 0 aliphatic heterocycles. The van der Waals surface area contributed by atoms with E-state index < -0.39 is 5.97 Å². The molecule has 0 fully saturated rings. The van der Waals surface area contributed by atoms with Crippen molar-refractivity contribution in [2.75, 3.05) is 0 Å². The SMILES string of the molecule is Cc1nc2ccccc2n1-c1ccc(C(=O)O)s1. The van der Waals surface area contributed by atoms with Gasteiger partial charge in [0.1, 0.15) is 15.7 Å². The van der Waals surface area contributed by atoms with E-state index in [2.05, 4.69) is 4.98 Å². The van der Waals surface area contributed by atoms with Crippen molar-refractivity contribution in [3.8, 4) is 5.00 Å². The van der Waals surface area contributed by atoms with Crippen molar-refractivity contribution < 1.29 is 9.90 Å². The van der Waals surface area contributed by atoms with Gasteiger partial charge < -0.3 is 5.11 Å². The minimum absolute atomic E-state index is 0.335. The Balaban J connectivity index is 2.24. The lowest BCUT2D eigenvalue weighted by atomic mass is 10.3. The van der Waals surface area contributed by atoms with Crippen LogP contribution in [-0.4, -0.2) is 20.6 Å². The Kier molecular flexibility index (Phi) is 2.41. The second-order valence-corrected chi connectivity index (χ2v) is 4.99. The fraction of sp³-hybridized carbons (Fsp3) is 0.0769. The molecule has 0 amide bonds. The van der Waals surface area contributed by atoms with E-state index in [-0.39, 0.29) is 0 Å². The standard InChI is InChI=1S/C13H10N2O2S/c1-8-14-9-4-2-3-5-10(9)15(8)12-7-6-11(18-12)13(16)17/h2-7H,1H3,(H,16,17). The van der Waals surface area contributed by atoms with Gasteiger partial charge in [0.2, 0.25) is 0 Å². The van der Waals surface area contributed by atoms with Gasteiger partial charge in [-0.05, 0) is 31.2 Å². The van der Waals surface area contributed by atoms with Crippen molar-refractivity contribution in [2.45, 2.75) is 6.92 Å². The normalized spacial score (nSPS) is 10.9. The molecule has 0 aliphatic carbocycles. The number of carboxylic acid groups (broad SMARTS) is 1. The number of thiophene rings is 1. The Bertz CT molecular complexity index is 742. The van der Waals surface area contributed by atoms with E-state index in [9.17, 15) is 4.79 Å². The average molecular weight is 258 g/mol. The van der Waals surface area contributed by atoms with Crippen molar-refractivity contribution >= 4 is 28.3 Å². The lowest BCUT2D eigenvalue weighted by Crippen LogP contribution is -1.93. The van der Waals surface area contributed by atoms with Crippen LogP contribution in [0.25, 0.3) is 16.0 Å². The number of hydrogen-bond acceptors (Lipinski definition) is 3. The molecule has 0 radical (unpaired) electrons. The third-order valence-electron chi connectivity index (χ3n) is 2.75. The number of fused-ring (bicyclic) bond motifs is 1. The highest BCUT2D eigenvalue weighted by atomic mass is 32.1. The van der Waals surface area contributed by atoms with Gasteiger partial charge in [-0.3, -0.25) is 4.57 Å². The Labute approximate surface area is 107 Å². The number of nitrogens with zero attached hydrogens (tertiary/aromatic N) is 2. The molecule has 4 nitrogen and oxygen atoms in total. The van der Waals surface area contributed by atoms with Crippen LogP contribution < -0.4 is 0 Å². The molecule has 5 heteroatoms. The first-order chi connectivity index (χ1) is 8.66. The molecule has 0 bridgehead atoms. The smallest absolute Gasteiger partial charge is 0.345 e. The van der Waals surface area contributed by atoms with Gasteiger partial charge in [0.05, 0.1) is 11.0 Å². The molecule has 0 saturated heterocycles. The summed E-state index contributed by atoms with van der Waals surface area (Å²) in [7, 11) is 0. The van der Waals surface area contributed by atoms with Crippen molar-refractivity contribution in [1.29, 1.82) is 0 Å². The number of rotatable bonds is 2. The maximum atomic E-state index is 10.9. The third-order valence-corrected chi connectivity index (χ3v) is 3.81. The highest BCUT2D eigenvalue weighted by molar-refractivity contribution is 7.16. The van der Waals surface area contributed by atoms with Crippen LogP contribution in [0.5, 0.6) is 0 Å². The molecule has 1 aromatic carbocycles. The minimum atomic E-state index is -0.895. The van der Waals surface area contributed by atoms with E-state index in [0.29, 0.717) is 4.88 Å². The number of carboxylic acids is 1. The maximum absolute atomic E-state index is 10.9. The Morgan fingerprint density at radius 3 is 2.78 bits per heavy atom. The van der Waals surface area contributed by atoms with E-state index >= 15 is 0 Å². The maximum Gasteiger partial charge on any atom is 0.345 e. The fourth-order valence-electron chi connectivity index (χ4n) is 1.99. The zero-order chi connectivity index (χ0) is 12.7. The molecule has 3 rings (SSSR count). The van der Waals surface area contributed by atoms with Crippen molar-refractivity contribution in [2.24, 2.45) is 0 Å². The predicted octanol–water partition coefficient (Wildman–Crippen LogP) is 3.09. The molecule has 1 N–H and O–H groups in total.